The molecule has 0 bridgehead atoms. The van der Waals surface area contributed by atoms with Crippen LogP contribution in [-0.2, 0) is 4.74 Å². The fourth-order valence-electron chi connectivity index (χ4n) is 1.19. The number of nitrogens with zero attached hydrogens (tertiary/aromatic N) is 1. The molecule has 0 saturated carbocycles. The molecule has 1 rings (SSSR count). The molecule has 0 saturated heterocycles. The van der Waals surface area contributed by atoms with Crippen molar-refractivity contribution in [2.24, 2.45) is 0 Å². The van der Waals surface area contributed by atoms with E-state index in [4.69, 9.17) is 9.94 Å². The minimum absolute atomic E-state index is 0.0529. The highest BCUT2D eigenvalue weighted by Crippen LogP contribution is 2.26. The van der Waals surface area contributed by atoms with Crippen LogP contribution in [0.2, 0.25) is 0 Å². The number of nitrogens with one attached hydrogen (secondary N) is 2. The second-order valence-electron chi connectivity index (χ2n) is 4.62. The van der Waals surface area contributed by atoms with Crippen LogP contribution in [0.4, 0.5) is 10.5 Å². The molecule has 0 atom stereocenters. The van der Waals surface area contributed by atoms with E-state index >= 15 is 0 Å². The van der Waals surface area contributed by atoms with E-state index in [1.54, 1.807) is 20.8 Å². The zero-order valence-electron chi connectivity index (χ0n) is 10.7. The Morgan fingerprint density at radius 1 is 1.37 bits per heavy atom. The lowest BCUT2D eigenvalue weighted by atomic mass is 10.2. The predicted octanol–water partition coefficient (Wildman–Crippen LogP) is 1.25. The molecule has 0 aliphatic carbocycles. The maximum atomic E-state index is 11.5. The standard InChI is InChI=1S/C11H15N3O5/c1-11(2,3)19-10(17)13-6-4-5-12-7(8(6)15)9(16)14-18/h4-5,15,18H,1-3H3,(H,14,16)(H,12,13,17). The Bertz CT molecular complexity index is 496. The van der Waals surface area contributed by atoms with Crippen LogP contribution >= 0.6 is 0 Å². The lowest BCUT2D eigenvalue weighted by molar-refractivity contribution is 0.0633. The average molecular weight is 269 g/mol. The third-order valence-corrected chi connectivity index (χ3v) is 1.88. The lowest BCUT2D eigenvalue weighted by Gasteiger charge is -2.20. The number of pyridine rings is 1. The van der Waals surface area contributed by atoms with Gasteiger partial charge in [0.05, 0.1) is 5.69 Å². The molecule has 0 aliphatic heterocycles. The van der Waals surface area contributed by atoms with Gasteiger partial charge in [0.15, 0.2) is 11.4 Å². The van der Waals surface area contributed by atoms with Crippen molar-refractivity contribution in [2.75, 3.05) is 5.32 Å². The summed E-state index contributed by atoms with van der Waals surface area (Å²) in [6.45, 7) is 5.05. The summed E-state index contributed by atoms with van der Waals surface area (Å²) in [4.78, 5) is 26.3. The van der Waals surface area contributed by atoms with E-state index in [0.717, 1.165) is 0 Å². The van der Waals surface area contributed by atoms with Crippen molar-refractivity contribution in [3.05, 3.63) is 18.0 Å². The fraction of sp³-hybridized carbons (Fsp3) is 0.364. The Morgan fingerprint density at radius 3 is 2.53 bits per heavy atom. The second kappa shape index (κ2) is 5.53. The molecule has 0 aromatic carbocycles. The first kappa shape index (κ1) is 14.7. The van der Waals surface area contributed by atoms with Gasteiger partial charge in [0.1, 0.15) is 5.60 Å². The van der Waals surface area contributed by atoms with Gasteiger partial charge in [-0.15, -0.1) is 0 Å². The molecule has 8 heteroatoms. The molecule has 0 radical (unpaired) electrons. The van der Waals surface area contributed by atoms with Gasteiger partial charge in [-0.1, -0.05) is 0 Å². The van der Waals surface area contributed by atoms with E-state index in [1.807, 2.05) is 0 Å². The fourth-order valence-corrected chi connectivity index (χ4v) is 1.19. The summed E-state index contributed by atoms with van der Waals surface area (Å²) < 4.78 is 4.99. The monoisotopic (exact) mass is 269 g/mol. The van der Waals surface area contributed by atoms with E-state index in [0.29, 0.717) is 0 Å². The van der Waals surface area contributed by atoms with Gasteiger partial charge in [-0.2, -0.15) is 0 Å². The number of aromatic nitrogens is 1. The molecule has 104 valence electrons. The highest BCUT2D eigenvalue weighted by molar-refractivity contribution is 5.97. The molecule has 2 amide bonds. The van der Waals surface area contributed by atoms with Crippen LogP contribution in [0.3, 0.4) is 0 Å². The Hall–Kier alpha value is -2.35. The molecular formula is C11H15N3O5. The first-order valence-electron chi connectivity index (χ1n) is 5.37. The van der Waals surface area contributed by atoms with Crippen LogP contribution in [0.5, 0.6) is 5.75 Å². The summed E-state index contributed by atoms with van der Waals surface area (Å²) >= 11 is 0. The third kappa shape index (κ3) is 4.11. The van der Waals surface area contributed by atoms with Crippen LogP contribution in [-0.4, -0.2) is 32.9 Å². The average Bonchev–Trinajstić information content (AvgIpc) is 2.28. The SMILES string of the molecule is CC(C)(C)OC(=O)Nc1ccnc(C(=O)NO)c1O. The van der Waals surface area contributed by atoms with E-state index in [-0.39, 0.29) is 5.69 Å². The van der Waals surface area contributed by atoms with Gasteiger partial charge in [-0.05, 0) is 26.8 Å². The van der Waals surface area contributed by atoms with Gasteiger partial charge in [0.2, 0.25) is 0 Å². The van der Waals surface area contributed by atoms with Gasteiger partial charge in [0.25, 0.3) is 5.91 Å². The Morgan fingerprint density at radius 2 is 2.00 bits per heavy atom. The summed E-state index contributed by atoms with van der Waals surface area (Å²) in [7, 11) is 0. The van der Waals surface area contributed by atoms with Gasteiger partial charge < -0.3 is 9.84 Å². The van der Waals surface area contributed by atoms with Gasteiger partial charge in [0, 0.05) is 6.20 Å². The first-order valence-corrected chi connectivity index (χ1v) is 5.37. The quantitative estimate of drug-likeness (QED) is 0.473. The van der Waals surface area contributed by atoms with Crippen molar-refractivity contribution in [1.82, 2.24) is 10.5 Å². The van der Waals surface area contributed by atoms with Crippen molar-refractivity contribution >= 4 is 17.7 Å². The number of amides is 2. The molecule has 4 N–H and O–H groups in total. The summed E-state index contributed by atoms with van der Waals surface area (Å²) in [5.74, 6) is -1.56. The van der Waals surface area contributed by atoms with Gasteiger partial charge >= 0.3 is 6.09 Å². The number of hydrogen-bond acceptors (Lipinski definition) is 6. The largest absolute Gasteiger partial charge is 0.504 e. The molecule has 8 nitrogen and oxygen atoms in total. The number of anilines is 1. The summed E-state index contributed by atoms with van der Waals surface area (Å²) in [6.07, 6.45) is 0.404. The van der Waals surface area contributed by atoms with Crippen LogP contribution in [0, 0.1) is 0 Å². The Labute approximate surface area is 109 Å². The van der Waals surface area contributed by atoms with Crippen LogP contribution in [0.15, 0.2) is 12.3 Å². The number of carbonyl (C=O) groups excluding carboxylic acids is 2. The van der Waals surface area contributed by atoms with Crippen molar-refractivity contribution in [3.8, 4) is 5.75 Å². The van der Waals surface area contributed by atoms with Crippen molar-refractivity contribution in [3.63, 3.8) is 0 Å². The number of carbonyl (C=O) groups is 2. The lowest BCUT2D eigenvalue weighted by Crippen LogP contribution is -2.27. The smallest absolute Gasteiger partial charge is 0.412 e. The van der Waals surface area contributed by atoms with E-state index in [1.165, 1.54) is 17.7 Å². The molecule has 1 heterocycles. The van der Waals surface area contributed by atoms with Crippen molar-refractivity contribution < 1.29 is 24.6 Å². The van der Waals surface area contributed by atoms with Crippen LogP contribution < -0.4 is 10.8 Å². The van der Waals surface area contributed by atoms with E-state index in [2.05, 4.69) is 10.3 Å². The molecule has 0 aliphatic rings. The molecule has 19 heavy (non-hydrogen) atoms. The minimum atomic E-state index is -0.995. The van der Waals surface area contributed by atoms with E-state index in [9.17, 15) is 14.7 Å². The number of hydroxylamine groups is 1. The molecule has 0 unspecified atom stereocenters. The Balaban J connectivity index is 2.91. The third-order valence-electron chi connectivity index (χ3n) is 1.88. The van der Waals surface area contributed by atoms with E-state index < -0.39 is 29.0 Å². The van der Waals surface area contributed by atoms with Crippen molar-refractivity contribution in [1.29, 1.82) is 0 Å². The first-order chi connectivity index (χ1) is 8.74. The van der Waals surface area contributed by atoms with Crippen LogP contribution in [0.25, 0.3) is 0 Å². The molecule has 0 fully saturated rings. The predicted molar refractivity (Wildman–Crippen MR) is 65.0 cm³/mol. The maximum absolute atomic E-state index is 11.5. The highest BCUT2D eigenvalue weighted by atomic mass is 16.6. The second-order valence-corrected chi connectivity index (χ2v) is 4.62. The topological polar surface area (TPSA) is 121 Å². The Kier molecular flexibility index (Phi) is 4.28. The number of hydrogen-bond donors (Lipinski definition) is 4. The number of aromatic hydroxyl groups is 1. The number of rotatable bonds is 2. The van der Waals surface area contributed by atoms with Crippen LogP contribution in [0.1, 0.15) is 31.3 Å². The minimum Gasteiger partial charge on any atom is -0.504 e. The molecule has 1 aromatic rings. The van der Waals surface area contributed by atoms with Gasteiger partial charge in [-0.25, -0.2) is 15.3 Å². The zero-order chi connectivity index (χ0) is 14.6. The van der Waals surface area contributed by atoms with Crippen molar-refractivity contribution in [2.45, 2.75) is 26.4 Å². The molecular weight excluding hydrogens is 254 g/mol. The summed E-state index contributed by atoms with van der Waals surface area (Å²) in [5.41, 5.74) is 0.166. The number of ether oxygens (including phenoxy) is 1. The summed E-state index contributed by atoms with van der Waals surface area (Å²) in [6, 6.07) is 1.29. The summed E-state index contributed by atoms with van der Waals surface area (Å²) in [5, 5.41) is 20.5. The highest BCUT2D eigenvalue weighted by Gasteiger charge is 2.20. The molecule has 0 spiro atoms. The zero-order valence-corrected chi connectivity index (χ0v) is 10.7. The normalized spacial score (nSPS) is 10.7. The van der Waals surface area contributed by atoms with Gasteiger partial charge in [-0.3, -0.25) is 15.3 Å². The maximum Gasteiger partial charge on any atom is 0.412 e. The molecule has 1 aromatic heterocycles.